The van der Waals surface area contributed by atoms with Gasteiger partial charge in [-0.1, -0.05) is 19.6 Å². The molecule has 168 valence electrons. The summed E-state index contributed by atoms with van der Waals surface area (Å²) in [5, 5.41) is 4.01. The summed E-state index contributed by atoms with van der Waals surface area (Å²) in [5.41, 5.74) is 3.94. The van der Waals surface area contributed by atoms with Crippen LogP contribution in [0.4, 0.5) is 0 Å². The molecule has 0 atom stereocenters. The molecule has 3 rings (SSSR count). The SMILES string of the molecule is COCC(C)(C)NC(=O)c1cc(-c2cncs2)cc2c1ccn2COCC[Si](C)(C)C. The summed E-state index contributed by atoms with van der Waals surface area (Å²) in [4.78, 5) is 18.5. The van der Waals surface area contributed by atoms with Crippen LogP contribution >= 0.6 is 11.3 Å². The minimum Gasteiger partial charge on any atom is -0.382 e. The van der Waals surface area contributed by atoms with Crippen molar-refractivity contribution >= 4 is 36.2 Å². The Bertz CT molecular complexity index is 1020. The second-order valence-corrected chi connectivity index (χ2v) is 16.2. The van der Waals surface area contributed by atoms with Crippen molar-refractivity contribution in [2.45, 2.75) is 51.8 Å². The third kappa shape index (κ3) is 6.26. The van der Waals surface area contributed by atoms with Crippen LogP contribution in [0.3, 0.4) is 0 Å². The van der Waals surface area contributed by atoms with E-state index in [1.165, 1.54) is 0 Å². The van der Waals surface area contributed by atoms with Crippen LogP contribution in [0.5, 0.6) is 0 Å². The molecule has 1 N–H and O–H groups in total. The maximum absolute atomic E-state index is 13.2. The van der Waals surface area contributed by atoms with Crippen molar-refractivity contribution in [1.82, 2.24) is 14.9 Å². The van der Waals surface area contributed by atoms with Crippen molar-refractivity contribution in [1.29, 1.82) is 0 Å². The van der Waals surface area contributed by atoms with Gasteiger partial charge in [-0.3, -0.25) is 9.78 Å². The summed E-state index contributed by atoms with van der Waals surface area (Å²) in [6.45, 7) is 12.6. The molecule has 0 spiro atoms. The van der Waals surface area contributed by atoms with Gasteiger partial charge in [0.05, 0.1) is 28.1 Å². The first-order valence-corrected chi connectivity index (χ1v) is 15.1. The molecule has 0 aliphatic carbocycles. The molecular weight excluding hydrogens is 426 g/mol. The average molecular weight is 460 g/mol. The van der Waals surface area contributed by atoms with Gasteiger partial charge in [-0.2, -0.15) is 0 Å². The molecule has 0 bridgehead atoms. The van der Waals surface area contributed by atoms with E-state index in [0.717, 1.165) is 34.0 Å². The molecule has 8 heteroatoms. The number of nitrogens with one attached hydrogen (secondary N) is 1. The van der Waals surface area contributed by atoms with E-state index in [4.69, 9.17) is 9.47 Å². The quantitative estimate of drug-likeness (QED) is 0.333. The summed E-state index contributed by atoms with van der Waals surface area (Å²) in [5.74, 6) is -0.115. The van der Waals surface area contributed by atoms with Crippen LogP contribution in [-0.2, 0) is 16.2 Å². The van der Waals surface area contributed by atoms with Crippen molar-refractivity contribution in [3.05, 3.63) is 41.7 Å². The smallest absolute Gasteiger partial charge is 0.252 e. The van der Waals surface area contributed by atoms with Gasteiger partial charge in [0, 0.05) is 45.1 Å². The molecule has 1 aromatic carbocycles. The summed E-state index contributed by atoms with van der Waals surface area (Å²) in [7, 11) is 0.503. The zero-order valence-corrected chi connectivity index (χ0v) is 21.1. The number of rotatable bonds is 10. The fourth-order valence-electron chi connectivity index (χ4n) is 3.41. The van der Waals surface area contributed by atoms with Gasteiger partial charge in [-0.05, 0) is 43.7 Å². The van der Waals surface area contributed by atoms with E-state index < -0.39 is 13.6 Å². The molecule has 0 saturated carbocycles. The van der Waals surface area contributed by atoms with Gasteiger partial charge in [-0.15, -0.1) is 11.3 Å². The van der Waals surface area contributed by atoms with Crippen LogP contribution in [-0.4, -0.2) is 49.4 Å². The highest BCUT2D eigenvalue weighted by Gasteiger charge is 2.23. The molecule has 0 aliphatic rings. The lowest BCUT2D eigenvalue weighted by atomic mass is 10.0. The summed E-state index contributed by atoms with van der Waals surface area (Å²) < 4.78 is 13.3. The molecule has 2 heterocycles. The number of methoxy groups -OCH3 is 1. The van der Waals surface area contributed by atoms with Gasteiger partial charge in [0.2, 0.25) is 0 Å². The maximum Gasteiger partial charge on any atom is 0.252 e. The summed E-state index contributed by atoms with van der Waals surface area (Å²) in [6.07, 6.45) is 3.83. The highest BCUT2D eigenvalue weighted by molar-refractivity contribution is 7.13. The summed E-state index contributed by atoms with van der Waals surface area (Å²) >= 11 is 1.56. The van der Waals surface area contributed by atoms with Gasteiger partial charge in [0.1, 0.15) is 6.73 Å². The second-order valence-electron chi connectivity index (χ2n) is 9.73. The summed E-state index contributed by atoms with van der Waals surface area (Å²) in [6, 6.07) is 7.18. The number of fused-ring (bicyclic) bond motifs is 1. The predicted octanol–water partition coefficient (Wildman–Crippen LogP) is 5.23. The van der Waals surface area contributed by atoms with Gasteiger partial charge in [0.15, 0.2) is 0 Å². The fourth-order valence-corrected chi connectivity index (χ4v) is 4.78. The molecule has 3 aromatic rings. The number of aromatic nitrogens is 2. The number of amides is 1. The third-order valence-corrected chi connectivity index (χ3v) is 7.56. The number of carbonyl (C=O) groups excluding carboxylic acids is 1. The molecule has 31 heavy (non-hydrogen) atoms. The Hall–Kier alpha value is -2.00. The minimum absolute atomic E-state index is 0.115. The fraction of sp³-hybridized carbons (Fsp3) is 0.478. The first-order valence-electron chi connectivity index (χ1n) is 10.5. The number of hydrogen-bond acceptors (Lipinski definition) is 5. The minimum atomic E-state index is -1.13. The number of nitrogens with zero attached hydrogens (tertiary/aromatic N) is 2. The second kappa shape index (κ2) is 9.64. The Balaban J connectivity index is 1.94. The number of thiazole rings is 1. The number of hydrogen-bond donors (Lipinski definition) is 1. The Morgan fingerprint density at radius 3 is 2.71 bits per heavy atom. The van der Waals surface area contributed by atoms with E-state index in [0.29, 0.717) is 18.9 Å². The normalized spacial score (nSPS) is 12.5. The zero-order valence-electron chi connectivity index (χ0n) is 19.3. The maximum atomic E-state index is 13.2. The van der Waals surface area contributed by atoms with Crippen LogP contribution in [0.2, 0.25) is 25.7 Å². The molecule has 0 aliphatic heterocycles. The van der Waals surface area contributed by atoms with Gasteiger partial charge in [0.25, 0.3) is 5.91 Å². The van der Waals surface area contributed by atoms with Crippen molar-refractivity contribution in [3.63, 3.8) is 0 Å². The zero-order chi connectivity index (χ0) is 22.6. The standard InChI is InChI=1S/C23H33N3O3SSi/c1-23(2,14-28-3)25-22(27)19-11-17(21-13-24-15-30-21)12-20-18(19)7-8-26(20)16-29-9-10-31(4,5)6/h7-8,11-13,15H,9-10,14,16H2,1-6H3,(H,25,27). The lowest BCUT2D eigenvalue weighted by molar-refractivity contribution is 0.0821. The highest BCUT2D eigenvalue weighted by Crippen LogP contribution is 2.31. The Morgan fingerprint density at radius 1 is 1.29 bits per heavy atom. The molecular formula is C23H33N3O3SSi. The van der Waals surface area contributed by atoms with Crippen LogP contribution in [0.1, 0.15) is 24.2 Å². The lowest BCUT2D eigenvalue weighted by Gasteiger charge is -2.25. The molecule has 0 radical (unpaired) electrons. The average Bonchev–Trinajstić information content (AvgIpc) is 3.33. The van der Waals surface area contributed by atoms with Crippen LogP contribution in [0, 0.1) is 0 Å². The van der Waals surface area contributed by atoms with E-state index in [9.17, 15) is 4.79 Å². The largest absolute Gasteiger partial charge is 0.382 e. The van der Waals surface area contributed by atoms with Crippen LogP contribution in [0.15, 0.2) is 36.1 Å². The monoisotopic (exact) mass is 459 g/mol. The van der Waals surface area contributed by atoms with Gasteiger partial charge < -0.3 is 19.4 Å². The topological polar surface area (TPSA) is 65.4 Å². The molecule has 6 nitrogen and oxygen atoms in total. The van der Waals surface area contributed by atoms with Crippen LogP contribution in [0.25, 0.3) is 21.3 Å². The molecule has 0 saturated heterocycles. The van der Waals surface area contributed by atoms with E-state index in [1.807, 2.05) is 38.4 Å². The lowest BCUT2D eigenvalue weighted by Crippen LogP contribution is -2.46. The Labute approximate surface area is 189 Å². The molecule has 0 unspecified atom stereocenters. The molecule has 2 aromatic heterocycles. The van der Waals surface area contributed by atoms with E-state index >= 15 is 0 Å². The van der Waals surface area contributed by atoms with E-state index in [1.54, 1.807) is 24.0 Å². The number of ether oxygens (including phenoxy) is 2. The van der Waals surface area contributed by atoms with Crippen LogP contribution < -0.4 is 5.32 Å². The Morgan fingerprint density at radius 2 is 2.06 bits per heavy atom. The van der Waals surface area contributed by atoms with Crippen molar-refractivity contribution in [3.8, 4) is 10.4 Å². The first kappa shape index (κ1) is 23.7. The Kier molecular flexibility index (Phi) is 7.36. The highest BCUT2D eigenvalue weighted by atomic mass is 32.1. The number of benzene rings is 1. The molecule has 0 fully saturated rings. The van der Waals surface area contributed by atoms with Gasteiger partial charge >= 0.3 is 0 Å². The predicted molar refractivity (Wildman–Crippen MR) is 131 cm³/mol. The van der Waals surface area contributed by atoms with Crippen molar-refractivity contribution < 1.29 is 14.3 Å². The van der Waals surface area contributed by atoms with Crippen molar-refractivity contribution in [2.75, 3.05) is 20.3 Å². The van der Waals surface area contributed by atoms with Crippen molar-refractivity contribution in [2.24, 2.45) is 0 Å². The van der Waals surface area contributed by atoms with Gasteiger partial charge in [-0.25, -0.2) is 0 Å². The molecule has 1 amide bonds. The van der Waals surface area contributed by atoms with E-state index in [2.05, 4.69) is 40.6 Å². The first-order chi connectivity index (χ1) is 14.6. The number of carbonyl (C=O) groups is 1. The van der Waals surface area contributed by atoms with E-state index in [-0.39, 0.29) is 5.91 Å². The third-order valence-electron chi connectivity index (χ3n) is 5.03.